The topological polar surface area (TPSA) is 55.8 Å². The summed E-state index contributed by atoms with van der Waals surface area (Å²) in [5, 5.41) is 0.726. The van der Waals surface area contributed by atoms with Gasteiger partial charge in [0.05, 0.1) is 11.4 Å². The van der Waals surface area contributed by atoms with Gasteiger partial charge in [0.1, 0.15) is 30.5 Å². The minimum atomic E-state index is -0.379. The van der Waals surface area contributed by atoms with E-state index < -0.39 is 0 Å². The Bertz CT molecular complexity index is 1230. The van der Waals surface area contributed by atoms with Crippen molar-refractivity contribution >= 4 is 52.2 Å². The number of carbonyl (C=O) groups is 2. The van der Waals surface area contributed by atoms with E-state index in [1.165, 1.54) is 24.3 Å². The van der Waals surface area contributed by atoms with Gasteiger partial charge in [-0.25, -0.2) is 4.39 Å². The summed E-state index contributed by atoms with van der Waals surface area (Å²) < 4.78 is 24.2. The fourth-order valence-corrected chi connectivity index (χ4v) is 4.42. The van der Waals surface area contributed by atoms with Gasteiger partial charge in [-0.2, -0.15) is 0 Å². The monoisotopic (exact) mass is 517 g/mol. The van der Waals surface area contributed by atoms with Gasteiger partial charge in [-0.1, -0.05) is 41.4 Å². The Labute approximate surface area is 210 Å². The quantitative estimate of drug-likeness (QED) is 0.306. The molecule has 0 N–H and O–H groups in total. The van der Waals surface area contributed by atoms with E-state index in [4.69, 9.17) is 32.7 Å². The summed E-state index contributed by atoms with van der Waals surface area (Å²) in [6.07, 6.45) is 1.66. The van der Waals surface area contributed by atoms with Gasteiger partial charge < -0.3 is 9.47 Å². The number of ether oxygens (including phenoxy) is 2. The van der Waals surface area contributed by atoms with Crippen LogP contribution in [0.15, 0.2) is 71.6 Å². The maximum absolute atomic E-state index is 13.0. The summed E-state index contributed by atoms with van der Waals surface area (Å²) in [6, 6.07) is 17.9. The molecule has 0 spiro atoms. The average molecular weight is 518 g/mol. The molecule has 34 heavy (non-hydrogen) atoms. The molecule has 0 bridgehead atoms. The molecule has 0 saturated carbocycles. The number of hydrogen-bond acceptors (Lipinski definition) is 5. The first-order valence-electron chi connectivity index (χ1n) is 10.2. The van der Waals surface area contributed by atoms with E-state index in [1.54, 1.807) is 48.5 Å². The average Bonchev–Trinajstić information content (AvgIpc) is 3.08. The Morgan fingerprint density at radius 3 is 2.29 bits per heavy atom. The Balaban J connectivity index is 1.32. The van der Waals surface area contributed by atoms with Crippen LogP contribution in [0.4, 0.5) is 9.18 Å². The zero-order valence-electron chi connectivity index (χ0n) is 17.7. The van der Waals surface area contributed by atoms with Crippen molar-refractivity contribution in [1.29, 1.82) is 0 Å². The molecule has 4 rings (SSSR count). The molecule has 0 unspecified atom stereocenters. The maximum Gasteiger partial charge on any atom is 0.293 e. The predicted molar refractivity (Wildman–Crippen MR) is 132 cm³/mol. The Kier molecular flexibility index (Phi) is 7.77. The number of hydrogen-bond donors (Lipinski definition) is 0. The van der Waals surface area contributed by atoms with Crippen molar-refractivity contribution in [2.75, 3.05) is 13.2 Å². The molecule has 3 aromatic rings. The van der Waals surface area contributed by atoms with Crippen LogP contribution in [0.3, 0.4) is 0 Å². The van der Waals surface area contributed by atoms with Gasteiger partial charge in [0.2, 0.25) is 0 Å². The molecule has 1 aliphatic heterocycles. The number of nitrogens with zero attached hydrogens (tertiary/aromatic N) is 1. The first kappa shape index (κ1) is 24.1. The molecule has 1 heterocycles. The van der Waals surface area contributed by atoms with Crippen LogP contribution < -0.4 is 9.47 Å². The van der Waals surface area contributed by atoms with Crippen molar-refractivity contribution in [1.82, 2.24) is 4.90 Å². The van der Waals surface area contributed by atoms with Gasteiger partial charge in [0.25, 0.3) is 11.1 Å². The maximum atomic E-state index is 13.0. The second-order valence-corrected chi connectivity index (χ2v) is 9.07. The highest BCUT2D eigenvalue weighted by atomic mass is 35.5. The third kappa shape index (κ3) is 6.11. The smallest absolute Gasteiger partial charge is 0.293 e. The zero-order valence-corrected chi connectivity index (χ0v) is 20.0. The number of thioether (sulfide) groups is 1. The van der Waals surface area contributed by atoms with Gasteiger partial charge in [0, 0.05) is 15.6 Å². The number of halogens is 3. The Hall–Kier alpha value is -3.00. The fraction of sp³-hybridized carbons (Fsp3) is 0.120. The molecular weight excluding hydrogens is 500 g/mol. The summed E-state index contributed by atoms with van der Waals surface area (Å²) in [5.41, 5.74) is 1.57. The molecule has 0 aliphatic carbocycles. The van der Waals surface area contributed by atoms with Crippen LogP contribution in [-0.2, 0) is 11.4 Å². The van der Waals surface area contributed by atoms with Crippen LogP contribution in [0.25, 0.3) is 6.08 Å². The van der Waals surface area contributed by atoms with Crippen LogP contribution in [0.5, 0.6) is 11.5 Å². The van der Waals surface area contributed by atoms with Gasteiger partial charge >= 0.3 is 0 Å². The van der Waals surface area contributed by atoms with Crippen molar-refractivity contribution in [3.8, 4) is 11.5 Å². The van der Waals surface area contributed by atoms with Crippen molar-refractivity contribution in [2.24, 2.45) is 0 Å². The Morgan fingerprint density at radius 2 is 1.59 bits per heavy atom. The lowest BCUT2D eigenvalue weighted by atomic mass is 10.2. The minimum absolute atomic E-state index is 0.0966. The molecule has 1 fully saturated rings. The molecular formula is C25H18Cl2FNO4S. The highest BCUT2D eigenvalue weighted by molar-refractivity contribution is 8.18. The lowest BCUT2D eigenvalue weighted by molar-refractivity contribution is -0.123. The van der Waals surface area contributed by atoms with Crippen LogP contribution >= 0.6 is 35.0 Å². The van der Waals surface area contributed by atoms with Crippen LogP contribution in [0, 0.1) is 5.82 Å². The normalized spacial score (nSPS) is 14.7. The molecule has 1 saturated heterocycles. The lowest BCUT2D eigenvalue weighted by Gasteiger charge is -2.13. The second kappa shape index (κ2) is 11.0. The standard InChI is InChI=1S/C25H18Cl2FNO4S/c26-18-4-3-17(22(27)14-18)15-33-21-7-1-16(2-8-21)13-23-24(30)29(25(31)34-23)11-12-32-20-9-5-19(28)6-10-20/h1-10,13-14H,11-12,15H2/b23-13-. The van der Waals surface area contributed by atoms with E-state index in [-0.39, 0.29) is 36.7 Å². The summed E-state index contributed by atoms with van der Waals surface area (Å²) in [5.74, 6) is 0.350. The first-order valence-corrected chi connectivity index (χ1v) is 11.8. The van der Waals surface area contributed by atoms with Crippen molar-refractivity contribution < 1.29 is 23.5 Å². The predicted octanol–water partition coefficient (Wildman–Crippen LogP) is 6.83. The van der Waals surface area contributed by atoms with Gasteiger partial charge in [-0.05, 0) is 71.9 Å². The summed E-state index contributed by atoms with van der Waals surface area (Å²) in [6.45, 7) is 0.494. The van der Waals surface area contributed by atoms with Crippen molar-refractivity contribution in [2.45, 2.75) is 6.61 Å². The number of rotatable bonds is 8. The molecule has 2 amide bonds. The fourth-order valence-electron chi connectivity index (χ4n) is 3.09. The van der Waals surface area contributed by atoms with Crippen LogP contribution in [-0.4, -0.2) is 29.2 Å². The first-order chi connectivity index (χ1) is 16.4. The van der Waals surface area contributed by atoms with E-state index in [2.05, 4.69) is 0 Å². The van der Waals surface area contributed by atoms with Gasteiger partial charge in [-0.3, -0.25) is 14.5 Å². The number of amides is 2. The third-order valence-corrected chi connectivity index (χ3v) is 6.35. The van der Waals surface area contributed by atoms with E-state index in [9.17, 15) is 14.0 Å². The van der Waals surface area contributed by atoms with E-state index in [0.29, 0.717) is 26.4 Å². The van der Waals surface area contributed by atoms with Crippen LogP contribution in [0.1, 0.15) is 11.1 Å². The second-order valence-electron chi connectivity index (χ2n) is 7.23. The third-order valence-electron chi connectivity index (χ3n) is 4.86. The lowest BCUT2D eigenvalue weighted by Crippen LogP contribution is -2.32. The van der Waals surface area contributed by atoms with E-state index in [1.807, 2.05) is 0 Å². The number of benzene rings is 3. The molecule has 0 aromatic heterocycles. The van der Waals surface area contributed by atoms with E-state index in [0.717, 1.165) is 27.8 Å². The molecule has 174 valence electrons. The highest BCUT2D eigenvalue weighted by Gasteiger charge is 2.34. The zero-order chi connectivity index (χ0) is 24.1. The molecule has 5 nitrogen and oxygen atoms in total. The van der Waals surface area contributed by atoms with Crippen molar-refractivity contribution in [3.05, 3.63) is 98.6 Å². The number of carbonyl (C=O) groups excluding carboxylic acids is 2. The summed E-state index contributed by atoms with van der Waals surface area (Å²) in [4.78, 5) is 26.4. The highest BCUT2D eigenvalue weighted by Crippen LogP contribution is 2.32. The van der Waals surface area contributed by atoms with Gasteiger partial charge in [-0.15, -0.1) is 0 Å². The SMILES string of the molecule is O=C1S/C(=C\c2ccc(OCc3ccc(Cl)cc3Cl)cc2)C(=O)N1CCOc1ccc(F)cc1. The molecule has 3 aromatic carbocycles. The van der Waals surface area contributed by atoms with E-state index >= 15 is 0 Å². The van der Waals surface area contributed by atoms with Crippen LogP contribution in [0.2, 0.25) is 10.0 Å². The number of imide groups is 1. The molecule has 0 atom stereocenters. The molecule has 1 aliphatic rings. The summed E-state index contributed by atoms with van der Waals surface area (Å²) in [7, 11) is 0. The largest absolute Gasteiger partial charge is 0.492 e. The Morgan fingerprint density at radius 1 is 0.912 bits per heavy atom. The van der Waals surface area contributed by atoms with Gasteiger partial charge in [0.15, 0.2) is 0 Å². The molecule has 9 heteroatoms. The van der Waals surface area contributed by atoms with Crippen molar-refractivity contribution in [3.63, 3.8) is 0 Å². The minimum Gasteiger partial charge on any atom is -0.492 e. The molecule has 0 radical (unpaired) electrons. The summed E-state index contributed by atoms with van der Waals surface area (Å²) >= 11 is 12.9.